The Bertz CT molecular complexity index is 269. The first-order chi connectivity index (χ1) is 5.29. The Labute approximate surface area is 63.2 Å². The Morgan fingerprint density at radius 1 is 1.45 bits per heavy atom. The van der Waals surface area contributed by atoms with Crippen LogP contribution in [0.3, 0.4) is 0 Å². The van der Waals surface area contributed by atoms with E-state index in [0.29, 0.717) is 5.69 Å². The van der Waals surface area contributed by atoms with Crippen molar-refractivity contribution in [2.75, 3.05) is 0 Å². The second kappa shape index (κ2) is 3.46. The Balaban J connectivity index is 2.72. The standard InChI is InChI=1S/C7H5N2O2/c10-7(11)9-8-6-4-2-1-3-5-6/h2-5H,(H,10,11). The van der Waals surface area contributed by atoms with Crippen molar-refractivity contribution in [3.8, 4) is 0 Å². The van der Waals surface area contributed by atoms with Gasteiger partial charge in [-0.3, -0.25) is 0 Å². The number of azo groups is 1. The molecule has 0 bridgehead atoms. The van der Waals surface area contributed by atoms with Gasteiger partial charge in [-0.2, -0.15) is 0 Å². The summed E-state index contributed by atoms with van der Waals surface area (Å²) in [5.41, 5.74) is 0.506. The van der Waals surface area contributed by atoms with Gasteiger partial charge in [-0.25, -0.2) is 4.79 Å². The molecule has 0 heterocycles. The summed E-state index contributed by atoms with van der Waals surface area (Å²) in [4.78, 5) is 9.90. The molecule has 0 fully saturated rings. The lowest BCUT2D eigenvalue weighted by molar-refractivity contribution is 0.204. The minimum absolute atomic E-state index is 0.506. The van der Waals surface area contributed by atoms with Crippen LogP contribution >= 0.6 is 0 Å². The first-order valence-corrected chi connectivity index (χ1v) is 2.90. The molecule has 0 saturated carbocycles. The molecule has 0 aliphatic carbocycles. The van der Waals surface area contributed by atoms with Gasteiger partial charge >= 0.3 is 6.09 Å². The quantitative estimate of drug-likeness (QED) is 0.622. The van der Waals surface area contributed by atoms with E-state index in [9.17, 15) is 4.79 Å². The molecule has 0 aliphatic heterocycles. The predicted octanol–water partition coefficient (Wildman–Crippen LogP) is 2.25. The molecule has 1 aromatic rings. The molecule has 1 aromatic carbocycles. The third-order valence-corrected chi connectivity index (χ3v) is 0.952. The first-order valence-electron chi connectivity index (χ1n) is 2.90. The van der Waals surface area contributed by atoms with Crippen molar-refractivity contribution in [1.82, 2.24) is 0 Å². The van der Waals surface area contributed by atoms with E-state index in [1.807, 2.05) is 0 Å². The van der Waals surface area contributed by atoms with E-state index < -0.39 is 6.09 Å². The highest BCUT2D eigenvalue weighted by Gasteiger charge is 1.88. The maximum atomic E-state index is 9.90. The zero-order chi connectivity index (χ0) is 8.10. The molecule has 1 N–H and O–H groups in total. The lowest BCUT2D eigenvalue weighted by atomic mass is 10.3. The van der Waals surface area contributed by atoms with E-state index in [1.165, 1.54) is 0 Å². The minimum Gasteiger partial charge on any atom is -0.462 e. The first kappa shape index (κ1) is 7.40. The number of amides is 1. The summed E-state index contributed by atoms with van der Waals surface area (Å²) in [5.74, 6) is 0. The maximum Gasteiger partial charge on any atom is 0.449 e. The Kier molecular flexibility index (Phi) is 2.32. The smallest absolute Gasteiger partial charge is 0.449 e. The summed E-state index contributed by atoms with van der Waals surface area (Å²) in [6.07, 6.45) is -1.29. The van der Waals surface area contributed by atoms with Crippen LogP contribution < -0.4 is 0 Å². The molecule has 1 radical (unpaired) electrons. The van der Waals surface area contributed by atoms with Crippen molar-refractivity contribution in [3.05, 3.63) is 30.3 Å². The van der Waals surface area contributed by atoms with Crippen molar-refractivity contribution in [1.29, 1.82) is 0 Å². The molecule has 4 heteroatoms. The number of hydrogen-bond donors (Lipinski definition) is 1. The third-order valence-electron chi connectivity index (χ3n) is 0.952. The molecular formula is C7H5N2O2. The van der Waals surface area contributed by atoms with E-state index in [0.717, 1.165) is 0 Å². The fourth-order valence-electron chi connectivity index (χ4n) is 0.545. The summed E-state index contributed by atoms with van der Waals surface area (Å²) < 4.78 is 0. The van der Waals surface area contributed by atoms with E-state index in [2.05, 4.69) is 16.3 Å². The van der Waals surface area contributed by atoms with Gasteiger partial charge in [-0.15, -0.1) is 5.11 Å². The highest BCUT2D eigenvalue weighted by molar-refractivity contribution is 5.65. The average Bonchev–Trinajstić information content (AvgIpc) is 2.03. The zero-order valence-electron chi connectivity index (χ0n) is 5.56. The van der Waals surface area contributed by atoms with Crippen LogP contribution in [-0.4, -0.2) is 11.2 Å². The molecule has 0 atom stereocenters. The molecule has 0 aliphatic rings. The van der Waals surface area contributed by atoms with Gasteiger partial charge in [0.05, 0.1) is 5.69 Å². The van der Waals surface area contributed by atoms with Crippen LogP contribution in [0.4, 0.5) is 10.5 Å². The Morgan fingerprint density at radius 2 is 2.09 bits per heavy atom. The fourth-order valence-corrected chi connectivity index (χ4v) is 0.545. The van der Waals surface area contributed by atoms with Gasteiger partial charge in [0.15, 0.2) is 0 Å². The van der Waals surface area contributed by atoms with Gasteiger partial charge in [-0.05, 0) is 18.2 Å². The highest BCUT2D eigenvalue weighted by atomic mass is 16.4. The predicted molar refractivity (Wildman–Crippen MR) is 37.8 cm³/mol. The van der Waals surface area contributed by atoms with E-state index in [-0.39, 0.29) is 0 Å². The molecule has 1 amide bonds. The third kappa shape index (κ3) is 2.57. The second-order valence-electron chi connectivity index (χ2n) is 1.74. The lowest BCUT2D eigenvalue weighted by Crippen LogP contribution is -1.80. The molecule has 0 saturated heterocycles. The molecule has 0 unspecified atom stereocenters. The molecule has 11 heavy (non-hydrogen) atoms. The summed E-state index contributed by atoms with van der Waals surface area (Å²) in [6.45, 7) is 0. The number of carboxylic acid groups (broad SMARTS) is 1. The van der Waals surface area contributed by atoms with E-state index in [4.69, 9.17) is 5.11 Å². The molecule has 55 valence electrons. The van der Waals surface area contributed by atoms with Gasteiger partial charge in [-0.1, -0.05) is 17.2 Å². The summed E-state index contributed by atoms with van der Waals surface area (Å²) in [5, 5.41) is 14.4. The monoisotopic (exact) mass is 149 g/mol. The van der Waals surface area contributed by atoms with Crippen molar-refractivity contribution < 1.29 is 9.90 Å². The average molecular weight is 149 g/mol. The number of benzene rings is 1. The lowest BCUT2D eigenvalue weighted by Gasteiger charge is -1.85. The van der Waals surface area contributed by atoms with Crippen molar-refractivity contribution in [2.24, 2.45) is 10.2 Å². The minimum atomic E-state index is -1.29. The summed E-state index contributed by atoms with van der Waals surface area (Å²) >= 11 is 0. The number of rotatable bonds is 1. The second-order valence-corrected chi connectivity index (χ2v) is 1.74. The molecule has 0 aromatic heterocycles. The van der Waals surface area contributed by atoms with E-state index in [1.54, 1.807) is 24.3 Å². The van der Waals surface area contributed by atoms with Gasteiger partial charge in [0.25, 0.3) is 0 Å². The number of carbonyl (C=O) groups is 1. The zero-order valence-corrected chi connectivity index (χ0v) is 5.56. The van der Waals surface area contributed by atoms with Crippen molar-refractivity contribution >= 4 is 11.8 Å². The van der Waals surface area contributed by atoms with Crippen LogP contribution in [0.25, 0.3) is 0 Å². The number of nitrogens with zero attached hydrogens (tertiary/aromatic N) is 2. The Hall–Kier alpha value is -1.71. The van der Waals surface area contributed by atoms with Gasteiger partial charge in [0.1, 0.15) is 0 Å². The SMILES string of the molecule is O=C(O)N=Nc1cc[c]cc1. The Morgan fingerprint density at radius 3 is 2.64 bits per heavy atom. The van der Waals surface area contributed by atoms with Gasteiger partial charge in [0.2, 0.25) is 0 Å². The van der Waals surface area contributed by atoms with Crippen LogP contribution in [0.5, 0.6) is 0 Å². The summed E-state index contributed by atoms with van der Waals surface area (Å²) in [7, 11) is 0. The van der Waals surface area contributed by atoms with Crippen LogP contribution in [0, 0.1) is 6.07 Å². The fraction of sp³-hybridized carbons (Fsp3) is 0. The molecule has 0 spiro atoms. The van der Waals surface area contributed by atoms with Crippen LogP contribution in [-0.2, 0) is 0 Å². The van der Waals surface area contributed by atoms with Crippen molar-refractivity contribution in [3.63, 3.8) is 0 Å². The van der Waals surface area contributed by atoms with E-state index >= 15 is 0 Å². The number of hydrogen-bond acceptors (Lipinski definition) is 2. The molecule has 4 nitrogen and oxygen atoms in total. The largest absolute Gasteiger partial charge is 0.462 e. The van der Waals surface area contributed by atoms with Crippen LogP contribution in [0.15, 0.2) is 34.5 Å². The highest BCUT2D eigenvalue weighted by Crippen LogP contribution is 2.09. The van der Waals surface area contributed by atoms with Gasteiger partial charge < -0.3 is 5.11 Å². The van der Waals surface area contributed by atoms with Crippen LogP contribution in [0.1, 0.15) is 0 Å². The van der Waals surface area contributed by atoms with Crippen LogP contribution in [0.2, 0.25) is 0 Å². The van der Waals surface area contributed by atoms with Crippen molar-refractivity contribution in [2.45, 2.75) is 0 Å². The normalized spacial score (nSPS) is 10.2. The maximum absolute atomic E-state index is 9.90. The van der Waals surface area contributed by atoms with Gasteiger partial charge in [0, 0.05) is 0 Å². The molecule has 1 rings (SSSR count). The summed E-state index contributed by atoms with van der Waals surface area (Å²) in [6, 6.07) is 9.28. The molecular weight excluding hydrogens is 144 g/mol. The topological polar surface area (TPSA) is 62.0 Å².